The molecule has 0 spiro atoms. The molecular formula is C20H26N4O2. The molecule has 0 N–H and O–H groups in total. The zero-order valence-corrected chi connectivity index (χ0v) is 15.3. The van der Waals surface area contributed by atoms with Crippen molar-refractivity contribution >= 4 is 5.91 Å². The molecule has 6 heteroatoms. The molecule has 138 valence electrons. The summed E-state index contributed by atoms with van der Waals surface area (Å²) in [5.74, 6) is -0.0982. The quantitative estimate of drug-likeness (QED) is 0.827. The van der Waals surface area contributed by atoms with Gasteiger partial charge in [-0.05, 0) is 43.0 Å². The summed E-state index contributed by atoms with van der Waals surface area (Å²) in [6.45, 7) is 3.32. The van der Waals surface area contributed by atoms with Crippen LogP contribution in [0.3, 0.4) is 0 Å². The molecule has 1 atom stereocenters. The molecule has 26 heavy (non-hydrogen) atoms. The number of likely N-dealkylation sites (tertiary alicyclic amines) is 1. The van der Waals surface area contributed by atoms with Crippen LogP contribution in [0, 0.1) is 0 Å². The Morgan fingerprint density at radius 1 is 1.15 bits per heavy atom. The number of rotatable bonds is 5. The van der Waals surface area contributed by atoms with Gasteiger partial charge in [-0.2, -0.15) is 5.10 Å². The molecule has 1 unspecified atom stereocenters. The number of carbonyl (C=O) groups excluding carboxylic acids is 1. The van der Waals surface area contributed by atoms with Gasteiger partial charge >= 0.3 is 0 Å². The Hall–Kier alpha value is -2.50. The van der Waals surface area contributed by atoms with Crippen LogP contribution in [0.25, 0.3) is 0 Å². The van der Waals surface area contributed by atoms with E-state index in [9.17, 15) is 9.59 Å². The lowest BCUT2D eigenvalue weighted by atomic mass is 10.0. The molecule has 0 saturated carbocycles. The summed E-state index contributed by atoms with van der Waals surface area (Å²) in [5, 5.41) is 4.34. The maximum atomic E-state index is 13.2. The molecule has 2 aromatic heterocycles. The van der Waals surface area contributed by atoms with Crippen LogP contribution in [-0.4, -0.2) is 32.1 Å². The fourth-order valence-electron chi connectivity index (χ4n) is 3.46. The van der Waals surface area contributed by atoms with Gasteiger partial charge in [0.25, 0.3) is 11.5 Å². The van der Waals surface area contributed by atoms with Crippen molar-refractivity contribution in [3.63, 3.8) is 0 Å². The zero-order chi connectivity index (χ0) is 18.4. The summed E-state index contributed by atoms with van der Waals surface area (Å²) in [4.78, 5) is 31.2. The minimum Gasteiger partial charge on any atom is -0.330 e. The first-order valence-corrected chi connectivity index (χ1v) is 9.49. The molecule has 1 saturated heterocycles. The highest BCUT2D eigenvalue weighted by atomic mass is 16.2. The summed E-state index contributed by atoms with van der Waals surface area (Å²) in [5.41, 5.74) is 1.30. The number of hydrogen-bond acceptors (Lipinski definition) is 4. The van der Waals surface area contributed by atoms with E-state index in [1.807, 2.05) is 17.0 Å². The SMILES string of the molecule is CCCCn1nc(C(=O)N2CCCCCC2c2ccncc2)ccc1=O. The first-order chi connectivity index (χ1) is 12.7. The molecule has 6 nitrogen and oxygen atoms in total. The summed E-state index contributed by atoms with van der Waals surface area (Å²) in [7, 11) is 0. The third-order valence-corrected chi connectivity index (χ3v) is 4.91. The van der Waals surface area contributed by atoms with Gasteiger partial charge in [0.1, 0.15) is 5.69 Å². The monoisotopic (exact) mass is 354 g/mol. The largest absolute Gasteiger partial charge is 0.330 e. The van der Waals surface area contributed by atoms with Gasteiger partial charge in [0.05, 0.1) is 6.04 Å². The van der Waals surface area contributed by atoms with Crippen LogP contribution >= 0.6 is 0 Å². The van der Waals surface area contributed by atoms with Gasteiger partial charge in [0.2, 0.25) is 0 Å². The maximum Gasteiger partial charge on any atom is 0.274 e. The van der Waals surface area contributed by atoms with Crippen molar-refractivity contribution in [2.45, 2.75) is 58.0 Å². The molecule has 1 aliphatic heterocycles. The lowest BCUT2D eigenvalue weighted by Crippen LogP contribution is -2.36. The number of nitrogens with zero attached hydrogens (tertiary/aromatic N) is 4. The van der Waals surface area contributed by atoms with Crippen molar-refractivity contribution in [1.29, 1.82) is 0 Å². The van der Waals surface area contributed by atoms with E-state index in [0.717, 1.165) is 44.1 Å². The van der Waals surface area contributed by atoms with E-state index >= 15 is 0 Å². The predicted octanol–water partition coefficient (Wildman–Crippen LogP) is 3.20. The Labute approximate surface area is 153 Å². The average Bonchev–Trinajstić information content (AvgIpc) is 2.93. The van der Waals surface area contributed by atoms with Gasteiger partial charge in [-0.1, -0.05) is 26.2 Å². The number of hydrogen-bond donors (Lipinski definition) is 0. The number of carbonyl (C=O) groups is 1. The maximum absolute atomic E-state index is 13.2. The number of pyridine rings is 1. The van der Waals surface area contributed by atoms with Crippen LogP contribution in [-0.2, 0) is 6.54 Å². The van der Waals surface area contributed by atoms with Crippen LogP contribution in [0.1, 0.15) is 67.5 Å². The number of amides is 1. The molecule has 1 aliphatic rings. The van der Waals surface area contributed by atoms with Crippen LogP contribution in [0.2, 0.25) is 0 Å². The molecule has 0 aromatic carbocycles. The predicted molar refractivity (Wildman–Crippen MR) is 99.9 cm³/mol. The Balaban J connectivity index is 1.89. The topological polar surface area (TPSA) is 68.1 Å². The summed E-state index contributed by atoms with van der Waals surface area (Å²) < 4.78 is 1.41. The fourth-order valence-corrected chi connectivity index (χ4v) is 3.46. The van der Waals surface area contributed by atoms with Crippen molar-refractivity contribution in [3.05, 3.63) is 58.3 Å². The lowest BCUT2D eigenvalue weighted by Gasteiger charge is -2.30. The second-order valence-electron chi connectivity index (χ2n) is 6.78. The third-order valence-electron chi connectivity index (χ3n) is 4.91. The molecule has 2 aromatic rings. The van der Waals surface area contributed by atoms with Crippen molar-refractivity contribution in [2.75, 3.05) is 6.54 Å². The van der Waals surface area contributed by atoms with Crippen LogP contribution in [0.4, 0.5) is 0 Å². The van der Waals surface area contributed by atoms with Crippen LogP contribution in [0.5, 0.6) is 0 Å². The second kappa shape index (κ2) is 8.74. The van der Waals surface area contributed by atoms with Gasteiger partial charge in [0.15, 0.2) is 0 Å². The van der Waals surface area contributed by atoms with Gasteiger partial charge in [0, 0.05) is 31.5 Å². The van der Waals surface area contributed by atoms with Crippen molar-refractivity contribution in [3.8, 4) is 0 Å². The lowest BCUT2D eigenvalue weighted by molar-refractivity contribution is 0.0671. The van der Waals surface area contributed by atoms with E-state index in [1.54, 1.807) is 18.5 Å². The average molecular weight is 354 g/mol. The van der Waals surface area contributed by atoms with Gasteiger partial charge < -0.3 is 4.90 Å². The van der Waals surface area contributed by atoms with Gasteiger partial charge in [-0.3, -0.25) is 14.6 Å². The Morgan fingerprint density at radius 3 is 2.73 bits per heavy atom. The van der Waals surface area contributed by atoms with E-state index in [-0.39, 0.29) is 17.5 Å². The molecule has 1 fully saturated rings. The van der Waals surface area contributed by atoms with Crippen molar-refractivity contribution in [1.82, 2.24) is 19.7 Å². The van der Waals surface area contributed by atoms with Gasteiger partial charge in [-0.15, -0.1) is 0 Å². The highest BCUT2D eigenvalue weighted by Gasteiger charge is 2.28. The number of aromatic nitrogens is 3. The first kappa shape index (κ1) is 18.3. The van der Waals surface area contributed by atoms with E-state index in [0.29, 0.717) is 18.8 Å². The fraction of sp³-hybridized carbons (Fsp3) is 0.500. The van der Waals surface area contributed by atoms with E-state index < -0.39 is 0 Å². The minimum absolute atomic E-state index is 0.0332. The first-order valence-electron chi connectivity index (χ1n) is 9.49. The highest BCUT2D eigenvalue weighted by Crippen LogP contribution is 2.30. The van der Waals surface area contributed by atoms with E-state index in [2.05, 4.69) is 17.0 Å². The third kappa shape index (κ3) is 4.18. The zero-order valence-electron chi connectivity index (χ0n) is 15.3. The smallest absolute Gasteiger partial charge is 0.274 e. The number of unbranched alkanes of at least 4 members (excludes halogenated alkanes) is 1. The minimum atomic E-state index is -0.156. The second-order valence-corrected chi connectivity index (χ2v) is 6.78. The molecule has 0 aliphatic carbocycles. The van der Waals surface area contributed by atoms with E-state index in [1.165, 1.54) is 10.7 Å². The molecule has 3 rings (SSSR count). The number of aryl methyl sites for hydroxylation is 1. The summed E-state index contributed by atoms with van der Waals surface area (Å²) in [6, 6.07) is 7.00. The molecular weight excluding hydrogens is 328 g/mol. The van der Waals surface area contributed by atoms with Crippen molar-refractivity contribution < 1.29 is 4.79 Å². The molecule has 3 heterocycles. The van der Waals surface area contributed by atoms with E-state index in [4.69, 9.17) is 0 Å². The standard InChI is InChI=1S/C20H26N4O2/c1-2-3-15-24-19(25)9-8-17(22-24)20(26)23-14-6-4-5-7-18(23)16-10-12-21-13-11-16/h8-13,18H,2-7,14-15H2,1H3. The van der Waals surface area contributed by atoms with Crippen LogP contribution < -0.4 is 5.56 Å². The Morgan fingerprint density at radius 2 is 1.96 bits per heavy atom. The molecule has 0 bridgehead atoms. The summed E-state index contributed by atoms with van der Waals surface area (Å²) in [6.07, 6.45) is 9.53. The highest BCUT2D eigenvalue weighted by molar-refractivity contribution is 5.92. The Kier molecular flexibility index (Phi) is 6.15. The molecule has 0 radical (unpaired) electrons. The van der Waals surface area contributed by atoms with Crippen molar-refractivity contribution in [2.24, 2.45) is 0 Å². The Bertz CT molecular complexity index is 788. The molecule has 1 amide bonds. The summed E-state index contributed by atoms with van der Waals surface area (Å²) >= 11 is 0. The van der Waals surface area contributed by atoms with Gasteiger partial charge in [-0.25, -0.2) is 4.68 Å². The normalized spacial score (nSPS) is 17.7. The van der Waals surface area contributed by atoms with Crippen LogP contribution in [0.15, 0.2) is 41.5 Å².